The average molecular weight is 226 g/mol. The van der Waals surface area contributed by atoms with Crippen molar-refractivity contribution in [1.82, 2.24) is 10.2 Å². The minimum absolute atomic E-state index is 0.00125. The lowest BCUT2D eigenvalue weighted by atomic mass is 9.93. The summed E-state index contributed by atoms with van der Waals surface area (Å²) in [4.78, 5) is 24.8. The normalized spacial score (nSPS) is 29.0. The molecule has 90 valence electrons. The third kappa shape index (κ3) is 2.35. The Morgan fingerprint density at radius 2 is 2.12 bits per heavy atom. The molecule has 2 amide bonds. The van der Waals surface area contributed by atoms with Gasteiger partial charge in [0.1, 0.15) is 6.04 Å². The zero-order chi connectivity index (χ0) is 11.8. The average Bonchev–Trinajstić information content (AvgIpc) is 2.64. The van der Waals surface area contributed by atoms with Crippen molar-refractivity contribution in [3.05, 3.63) is 0 Å². The van der Waals surface area contributed by atoms with Gasteiger partial charge >= 0.3 is 0 Å². The van der Waals surface area contributed by atoms with E-state index in [0.29, 0.717) is 38.8 Å². The number of rotatable bonds is 1. The van der Waals surface area contributed by atoms with Gasteiger partial charge in [0.15, 0.2) is 0 Å². The molecule has 2 fully saturated rings. The van der Waals surface area contributed by atoms with Crippen LogP contribution in [0.1, 0.15) is 32.6 Å². The van der Waals surface area contributed by atoms with E-state index < -0.39 is 5.60 Å². The highest BCUT2D eigenvalue weighted by Crippen LogP contribution is 2.22. The molecule has 2 saturated heterocycles. The van der Waals surface area contributed by atoms with Crippen LogP contribution in [0.5, 0.6) is 0 Å². The molecule has 2 N–H and O–H groups in total. The number of amides is 2. The topological polar surface area (TPSA) is 69.6 Å². The summed E-state index contributed by atoms with van der Waals surface area (Å²) in [6.07, 6.45) is 2.27. The van der Waals surface area contributed by atoms with Gasteiger partial charge < -0.3 is 15.3 Å². The molecule has 5 heteroatoms. The first-order chi connectivity index (χ1) is 7.48. The molecule has 0 unspecified atom stereocenters. The minimum Gasteiger partial charge on any atom is -0.390 e. The summed E-state index contributed by atoms with van der Waals surface area (Å²) in [5, 5.41) is 12.5. The third-order valence-electron chi connectivity index (χ3n) is 3.45. The van der Waals surface area contributed by atoms with Crippen LogP contribution in [-0.4, -0.2) is 46.6 Å². The molecule has 0 aliphatic carbocycles. The number of carbonyl (C=O) groups is 2. The maximum Gasteiger partial charge on any atom is 0.245 e. The van der Waals surface area contributed by atoms with Crippen molar-refractivity contribution in [2.45, 2.75) is 44.2 Å². The van der Waals surface area contributed by atoms with Gasteiger partial charge in [0.2, 0.25) is 11.8 Å². The van der Waals surface area contributed by atoms with Crippen LogP contribution in [0.3, 0.4) is 0 Å². The Labute approximate surface area is 94.8 Å². The molecular weight excluding hydrogens is 208 g/mol. The molecule has 0 aromatic heterocycles. The molecule has 1 atom stereocenters. The van der Waals surface area contributed by atoms with Gasteiger partial charge in [-0.15, -0.1) is 0 Å². The highest BCUT2D eigenvalue weighted by molar-refractivity contribution is 5.90. The molecule has 0 radical (unpaired) electrons. The second-order valence-corrected chi connectivity index (χ2v) is 4.98. The Morgan fingerprint density at radius 1 is 1.50 bits per heavy atom. The molecule has 16 heavy (non-hydrogen) atoms. The van der Waals surface area contributed by atoms with Crippen LogP contribution in [0, 0.1) is 0 Å². The Kier molecular flexibility index (Phi) is 2.88. The van der Waals surface area contributed by atoms with Crippen LogP contribution in [0.15, 0.2) is 0 Å². The minimum atomic E-state index is -0.643. The van der Waals surface area contributed by atoms with E-state index >= 15 is 0 Å². The zero-order valence-corrected chi connectivity index (χ0v) is 9.53. The SMILES string of the molecule is CC1(O)CCN(C(=O)[C@H]2CCC(=O)N2)CC1. The first-order valence-electron chi connectivity index (χ1n) is 5.78. The molecular formula is C11H18N2O3. The first-order valence-corrected chi connectivity index (χ1v) is 5.78. The number of hydrogen-bond donors (Lipinski definition) is 2. The molecule has 2 heterocycles. The van der Waals surface area contributed by atoms with Crippen LogP contribution in [-0.2, 0) is 9.59 Å². The fourth-order valence-electron chi connectivity index (χ4n) is 2.23. The second-order valence-electron chi connectivity index (χ2n) is 4.98. The smallest absolute Gasteiger partial charge is 0.245 e. The Bertz CT molecular complexity index is 304. The summed E-state index contributed by atoms with van der Waals surface area (Å²) < 4.78 is 0. The number of piperidine rings is 1. The fraction of sp³-hybridized carbons (Fsp3) is 0.818. The number of likely N-dealkylation sites (tertiary alicyclic amines) is 1. The molecule has 2 aliphatic rings. The molecule has 5 nitrogen and oxygen atoms in total. The summed E-state index contributed by atoms with van der Waals surface area (Å²) in [7, 11) is 0. The van der Waals surface area contributed by atoms with Gasteiger partial charge in [-0.1, -0.05) is 0 Å². The van der Waals surface area contributed by atoms with Gasteiger partial charge in [0, 0.05) is 19.5 Å². The Balaban J connectivity index is 1.89. The van der Waals surface area contributed by atoms with Gasteiger partial charge in [0.25, 0.3) is 0 Å². The van der Waals surface area contributed by atoms with Crippen LogP contribution in [0.4, 0.5) is 0 Å². The maximum atomic E-state index is 12.0. The van der Waals surface area contributed by atoms with Gasteiger partial charge in [-0.3, -0.25) is 9.59 Å². The Hall–Kier alpha value is -1.10. The summed E-state index contributed by atoms with van der Waals surface area (Å²) in [6.45, 7) is 2.96. The zero-order valence-electron chi connectivity index (χ0n) is 9.53. The van der Waals surface area contributed by atoms with E-state index in [0.717, 1.165) is 0 Å². The van der Waals surface area contributed by atoms with Gasteiger partial charge in [-0.25, -0.2) is 0 Å². The number of hydrogen-bond acceptors (Lipinski definition) is 3. The van der Waals surface area contributed by atoms with E-state index in [2.05, 4.69) is 5.32 Å². The van der Waals surface area contributed by atoms with E-state index in [1.165, 1.54) is 0 Å². The highest BCUT2D eigenvalue weighted by atomic mass is 16.3. The second kappa shape index (κ2) is 4.05. The lowest BCUT2D eigenvalue weighted by Crippen LogP contribution is -2.50. The highest BCUT2D eigenvalue weighted by Gasteiger charge is 2.35. The molecule has 2 rings (SSSR count). The van der Waals surface area contributed by atoms with Crippen LogP contribution in [0.25, 0.3) is 0 Å². The van der Waals surface area contributed by atoms with Crippen molar-refractivity contribution in [2.24, 2.45) is 0 Å². The molecule has 2 aliphatic heterocycles. The molecule has 0 aromatic carbocycles. The number of carbonyl (C=O) groups excluding carboxylic acids is 2. The van der Waals surface area contributed by atoms with E-state index in [1.54, 1.807) is 11.8 Å². The van der Waals surface area contributed by atoms with Gasteiger partial charge in [-0.2, -0.15) is 0 Å². The standard InChI is InChI=1S/C11H18N2O3/c1-11(16)4-6-13(7-5-11)10(15)8-2-3-9(14)12-8/h8,16H,2-7H2,1H3,(H,12,14)/t8-/m1/s1. The summed E-state index contributed by atoms with van der Waals surface area (Å²) in [6, 6.07) is -0.337. The third-order valence-corrected chi connectivity index (χ3v) is 3.45. The predicted molar refractivity (Wildman–Crippen MR) is 57.6 cm³/mol. The monoisotopic (exact) mass is 226 g/mol. The first kappa shape index (κ1) is 11.4. The fourth-order valence-corrected chi connectivity index (χ4v) is 2.23. The Morgan fingerprint density at radius 3 is 2.62 bits per heavy atom. The predicted octanol–water partition coefficient (Wildman–Crippen LogP) is -0.362. The lowest BCUT2D eigenvalue weighted by Gasteiger charge is -2.36. The van der Waals surface area contributed by atoms with E-state index in [1.807, 2.05) is 0 Å². The number of nitrogens with zero attached hydrogens (tertiary/aromatic N) is 1. The van der Waals surface area contributed by atoms with Crippen molar-refractivity contribution >= 4 is 11.8 Å². The summed E-state index contributed by atoms with van der Waals surface area (Å²) >= 11 is 0. The van der Waals surface area contributed by atoms with E-state index in [-0.39, 0.29) is 17.9 Å². The summed E-state index contributed by atoms with van der Waals surface area (Å²) in [5.74, 6) is -0.0382. The van der Waals surface area contributed by atoms with Crippen LogP contribution < -0.4 is 5.32 Å². The van der Waals surface area contributed by atoms with Crippen molar-refractivity contribution in [1.29, 1.82) is 0 Å². The largest absolute Gasteiger partial charge is 0.390 e. The molecule has 0 saturated carbocycles. The number of nitrogens with one attached hydrogen (secondary N) is 1. The van der Waals surface area contributed by atoms with Crippen molar-refractivity contribution in [2.75, 3.05) is 13.1 Å². The van der Waals surface area contributed by atoms with E-state index in [9.17, 15) is 14.7 Å². The van der Waals surface area contributed by atoms with Gasteiger partial charge in [-0.05, 0) is 26.2 Å². The summed E-state index contributed by atoms with van der Waals surface area (Å²) in [5.41, 5.74) is -0.643. The number of aliphatic hydroxyl groups is 1. The van der Waals surface area contributed by atoms with E-state index in [4.69, 9.17) is 0 Å². The van der Waals surface area contributed by atoms with Crippen LogP contribution >= 0.6 is 0 Å². The van der Waals surface area contributed by atoms with Crippen molar-refractivity contribution < 1.29 is 14.7 Å². The quantitative estimate of drug-likeness (QED) is 0.641. The van der Waals surface area contributed by atoms with Crippen molar-refractivity contribution in [3.63, 3.8) is 0 Å². The van der Waals surface area contributed by atoms with Gasteiger partial charge in [0.05, 0.1) is 5.60 Å². The maximum absolute atomic E-state index is 12.0. The van der Waals surface area contributed by atoms with Crippen molar-refractivity contribution in [3.8, 4) is 0 Å². The lowest BCUT2D eigenvalue weighted by molar-refractivity contribution is -0.137. The molecule has 0 spiro atoms. The molecule has 0 aromatic rings. The van der Waals surface area contributed by atoms with Crippen LogP contribution in [0.2, 0.25) is 0 Å². The molecule has 0 bridgehead atoms.